The van der Waals surface area contributed by atoms with Crippen molar-refractivity contribution in [3.8, 4) is 16.8 Å². The van der Waals surface area contributed by atoms with Crippen LogP contribution in [0.2, 0.25) is 0 Å². The van der Waals surface area contributed by atoms with Gasteiger partial charge >= 0.3 is 0 Å². The number of imidazole rings is 1. The van der Waals surface area contributed by atoms with E-state index < -0.39 is 0 Å². The molecule has 0 aliphatic carbocycles. The van der Waals surface area contributed by atoms with Crippen molar-refractivity contribution < 1.29 is 4.39 Å². The van der Waals surface area contributed by atoms with E-state index in [1.807, 2.05) is 19.2 Å². The third-order valence-corrected chi connectivity index (χ3v) is 5.62. The van der Waals surface area contributed by atoms with Crippen molar-refractivity contribution in [1.29, 1.82) is 0 Å². The number of H-pyrrole nitrogens is 1. The van der Waals surface area contributed by atoms with Crippen LogP contribution in [0.4, 0.5) is 4.39 Å². The van der Waals surface area contributed by atoms with Gasteiger partial charge in [-0.1, -0.05) is 12.1 Å². The highest BCUT2D eigenvalue weighted by atomic mass is 19.1. The van der Waals surface area contributed by atoms with Gasteiger partial charge in [0, 0.05) is 22.8 Å². The Balaban J connectivity index is 1.63. The molecule has 0 amide bonds. The lowest BCUT2D eigenvalue weighted by Crippen LogP contribution is -1.97. The molecule has 3 aromatic carbocycles. The molecule has 6 aromatic rings. The largest absolute Gasteiger partial charge is 0.361 e. The summed E-state index contributed by atoms with van der Waals surface area (Å²) in [5.74, 6) is 0.583. The number of nitrogens with zero attached hydrogens (tertiary/aromatic N) is 3. The Bertz CT molecular complexity index is 1560. The highest BCUT2D eigenvalue weighted by Crippen LogP contribution is 2.32. The summed E-state index contributed by atoms with van der Waals surface area (Å²) >= 11 is 0. The zero-order valence-corrected chi connectivity index (χ0v) is 16.2. The Morgan fingerprint density at radius 2 is 1.67 bits per heavy atom. The van der Waals surface area contributed by atoms with Crippen molar-refractivity contribution in [3.63, 3.8) is 0 Å². The molecule has 0 aliphatic heterocycles. The lowest BCUT2D eigenvalue weighted by molar-refractivity contribution is 0.627. The molecule has 0 saturated carbocycles. The van der Waals surface area contributed by atoms with Gasteiger partial charge in [-0.05, 0) is 78.0 Å². The second-order valence-corrected chi connectivity index (χ2v) is 7.47. The molecule has 4 nitrogen and oxygen atoms in total. The predicted octanol–water partition coefficient (Wildman–Crippen LogP) is 6.17. The summed E-state index contributed by atoms with van der Waals surface area (Å²) in [6.45, 7) is 1.96. The average molecular weight is 392 g/mol. The Hall–Kier alpha value is -3.99. The van der Waals surface area contributed by atoms with Gasteiger partial charge in [-0.3, -0.25) is 9.55 Å². The van der Waals surface area contributed by atoms with Gasteiger partial charge in [-0.25, -0.2) is 9.37 Å². The van der Waals surface area contributed by atoms with E-state index >= 15 is 0 Å². The number of fused-ring (bicyclic) bond motifs is 4. The van der Waals surface area contributed by atoms with Crippen LogP contribution in [0.3, 0.4) is 0 Å². The molecule has 30 heavy (non-hydrogen) atoms. The van der Waals surface area contributed by atoms with E-state index in [4.69, 9.17) is 4.98 Å². The molecule has 0 aliphatic rings. The van der Waals surface area contributed by atoms with E-state index in [0.717, 1.165) is 50.1 Å². The quantitative estimate of drug-likeness (QED) is 0.383. The van der Waals surface area contributed by atoms with Crippen molar-refractivity contribution in [3.05, 3.63) is 90.8 Å². The summed E-state index contributed by atoms with van der Waals surface area (Å²) < 4.78 is 15.6. The van der Waals surface area contributed by atoms with Crippen LogP contribution in [0.1, 0.15) is 5.82 Å². The monoisotopic (exact) mass is 392 g/mol. The topological polar surface area (TPSA) is 46.5 Å². The van der Waals surface area contributed by atoms with E-state index in [1.165, 1.54) is 17.5 Å². The second-order valence-electron chi connectivity index (χ2n) is 7.47. The third-order valence-electron chi connectivity index (χ3n) is 5.62. The lowest BCUT2D eigenvalue weighted by atomic mass is 10.0. The van der Waals surface area contributed by atoms with Gasteiger partial charge in [0.1, 0.15) is 17.2 Å². The summed E-state index contributed by atoms with van der Waals surface area (Å²) in [5, 5.41) is 2.19. The average Bonchev–Trinajstić information content (AvgIpc) is 3.37. The van der Waals surface area contributed by atoms with Gasteiger partial charge in [0.05, 0.1) is 17.2 Å². The maximum absolute atomic E-state index is 13.5. The zero-order chi connectivity index (χ0) is 20.2. The summed E-state index contributed by atoms with van der Waals surface area (Å²) in [7, 11) is 0. The first-order valence-corrected chi connectivity index (χ1v) is 9.79. The van der Waals surface area contributed by atoms with Crippen molar-refractivity contribution in [1.82, 2.24) is 19.5 Å². The molecule has 0 radical (unpaired) electrons. The number of rotatable bonds is 2. The normalized spacial score (nSPS) is 11.7. The summed E-state index contributed by atoms with van der Waals surface area (Å²) in [6.07, 6.45) is 3.75. The van der Waals surface area contributed by atoms with Crippen molar-refractivity contribution >= 4 is 32.8 Å². The molecule has 0 spiro atoms. The second kappa shape index (κ2) is 6.26. The smallest absolute Gasteiger partial charge is 0.123 e. The first-order valence-electron chi connectivity index (χ1n) is 9.79. The first-order chi connectivity index (χ1) is 14.7. The zero-order valence-electron chi connectivity index (χ0n) is 16.2. The van der Waals surface area contributed by atoms with Crippen LogP contribution in [-0.4, -0.2) is 19.5 Å². The van der Waals surface area contributed by atoms with E-state index in [-0.39, 0.29) is 5.82 Å². The van der Waals surface area contributed by atoms with E-state index in [9.17, 15) is 4.39 Å². The van der Waals surface area contributed by atoms with Crippen LogP contribution in [0.15, 0.2) is 79.1 Å². The Kier molecular flexibility index (Phi) is 3.53. The van der Waals surface area contributed by atoms with E-state index in [1.54, 1.807) is 18.3 Å². The van der Waals surface area contributed by atoms with Gasteiger partial charge in [-0.15, -0.1) is 0 Å². The number of pyridine rings is 1. The molecule has 0 atom stereocenters. The summed E-state index contributed by atoms with van der Waals surface area (Å²) in [4.78, 5) is 12.5. The van der Waals surface area contributed by atoms with Crippen molar-refractivity contribution in [2.45, 2.75) is 6.92 Å². The number of nitrogens with one attached hydrogen (secondary N) is 1. The minimum Gasteiger partial charge on any atom is -0.361 e. The summed E-state index contributed by atoms with van der Waals surface area (Å²) in [5.41, 5.74) is 6.96. The molecule has 144 valence electrons. The number of aryl methyl sites for hydroxylation is 1. The summed E-state index contributed by atoms with van der Waals surface area (Å²) in [6, 6.07) is 21.3. The van der Waals surface area contributed by atoms with Gasteiger partial charge < -0.3 is 4.98 Å². The Morgan fingerprint density at radius 1 is 0.867 bits per heavy atom. The fourth-order valence-corrected chi connectivity index (χ4v) is 4.19. The van der Waals surface area contributed by atoms with Crippen LogP contribution in [0.5, 0.6) is 0 Å². The maximum atomic E-state index is 13.5. The maximum Gasteiger partial charge on any atom is 0.123 e. The van der Waals surface area contributed by atoms with Crippen molar-refractivity contribution in [2.24, 2.45) is 0 Å². The standard InChI is InChI=1S/C25H17FN4/c1-15-29-24-14-28-23-9-3-17(16-2-8-22-18(12-16)10-11-27-22)13-21(23)25(24)30(15)20-6-4-19(26)5-7-20/h2-14,27H,1H3. The van der Waals surface area contributed by atoms with Crippen molar-refractivity contribution in [2.75, 3.05) is 0 Å². The number of benzene rings is 3. The molecule has 5 heteroatoms. The van der Waals surface area contributed by atoms with Gasteiger partial charge in [0.2, 0.25) is 0 Å². The molecular formula is C25H17FN4. The minimum absolute atomic E-state index is 0.255. The number of halogens is 1. The molecule has 0 fully saturated rings. The third kappa shape index (κ3) is 2.52. The van der Waals surface area contributed by atoms with Crippen LogP contribution in [0, 0.1) is 12.7 Å². The fourth-order valence-electron chi connectivity index (χ4n) is 4.19. The lowest BCUT2D eigenvalue weighted by Gasteiger charge is -2.10. The van der Waals surface area contributed by atoms with Gasteiger partial charge in [0.25, 0.3) is 0 Å². The first kappa shape index (κ1) is 16.9. The van der Waals surface area contributed by atoms with E-state index in [0.29, 0.717) is 0 Å². The Morgan fingerprint density at radius 3 is 2.53 bits per heavy atom. The molecule has 0 unspecified atom stereocenters. The minimum atomic E-state index is -0.255. The fraction of sp³-hybridized carbons (Fsp3) is 0.0400. The van der Waals surface area contributed by atoms with Gasteiger partial charge in [-0.2, -0.15) is 0 Å². The van der Waals surface area contributed by atoms with Crippen LogP contribution >= 0.6 is 0 Å². The SMILES string of the molecule is Cc1nc2cnc3ccc(-c4ccc5[nH]ccc5c4)cc3c2n1-c1ccc(F)cc1. The molecule has 3 aromatic heterocycles. The number of hydrogen-bond acceptors (Lipinski definition) is 2. The van der Waals surface area contributed by atoms with Gasteiger partial charge in [0.15, 0.2) is 0 Å². The predicted molar refractivity (Wildman–Crippen MR) is 118 cm³/mol. The number of aromatic nitrogens is 4. The molecule has 0 bridgehead atoms. The van der Waals surface area contributed by atoms with Crippen LogP contribution in [-0.2, 0) is 0 Å². The number of hydrogen-bond donors (Lipinski definition) is 1. The van der Waals surface area contributed by atoms with Crippen LogP contribution in [0.25, 0.3) is 49.7 Å². The highest BCUT2D eigenvalue weighted by molar-refractivity contribution is 6.05. The molecule has 0 saturated heterocycles. The number of aromatic amines is 1. The molecule has 6 rings (SSSR count). The van der Waals surface area contributed by atoms with Crippen LogP contribution < -0.4 is 0 Å². The highest BCUT2D eigenvalue weighted by Gasteiger charge is 2.14. The Labute approximate surface area is 171 Å². The molecular weight excluding hydrogens is 375 g/mol. The molecule has 3 heterocycles. The van der Waals surface area contributed by atoms with E-state index in [2.05, 4.69) is 50.9 Å². The molecule has 1 N–H and O–H groups in total.